The second kappa shape index (κ2) is 12.0. The second-order valence-corrected chi connectivity index (χ2v) is 16.3. The maximum Gasteiger partial charge on any atom is 0.132 e. The van der Waals surface area contributed by atoms with Crippen molar-refractivity contribution in [2.75, 3.05) is 0 Å². The van der Waals surface area contributed by atoms with E-state index in [-0.39, 0.29) is 0 Å². The molecule has 0 N–H and O–H groups in total. The molecule has 0 heterocycles. The molecule has 2 nitrogen and oxygen atoms in total. The van der Waals surface area contributed by atoms with Crippen LogP contribution in [0.5, 0.6) is 0 Å². The van der Waals surface area contributed by atoms with E-state index in [1.54, 1.807) is 0 Å². The number of unbranched alkanes of at least 4 members (excludes halogenated alkanes) is 4. The van der Waals surface area contributed by atoms with Gasteiger partial charge in [0.05, 0.1) is 12.1 Å². The zero-order valence-electron chi connectivity index (χ0n) is 15.3. The van der Waals surface area contributed by atoms with E-state index in [1.165, 1.54) is 0 Å². The molecule has 0 spiro atoms. The maximum absolute atomic E-state index is 8.58. The molecule has 0 saturated heterocycles. The topological polar surface area (TPSA) is 47.6 Å². The Morgan fingerprint density at radius 3 is 1.35 bits per heavy atom. The van der Waals surface area contributed by atoms with E-state index >= 15 is 0 Å². The van der Waals surface area contributed by atoms with Crippen molar-refractivity contribution in [1.82, 2.24) is 0 Å². The fourth-order valence-corrected chi connectivity index (χ4v) is 5.79. The zero-order valence-corrected chi connectivity index (χ0v) is 17.3. The van der Waals surface area contributed by atoms with Crippen LogP contribution < -0.4 is 0 Å². The molecule has 0 saturated carbocycles. The molecule has 0 atom stereocenters. The van der Waals surface area contributed by atoms with E-state index in [0.29, 0.717) is 12.8 Å². The number of hydrogen-bond donors (Lipinski definition) is 0. The van der Waals surface area contributed by atoms with Gasteiger partial charge in [-0.15, -0.1) is 22.9 Å². The molecule has 0 rings (SSSR count). The lowest BCUT2D eigenvalue weighted by Crippen LogP contribution is -2.22. The van der Waals surface area contributed by atoms with Crippen LogP contribution in [0.3, 0.4) is 0 Å². The zero-order chi connectivity index (χ0) is 17.6. The molecular formula is C19H30N2Si2. The molecule has 0 radical (unpaired) electrons. The molecule has 124 valence electrons. The van der Waals surface area contributed by atoms with Crippen LogP contribution in [0, 0.1) is 45.6 Å². The number of nitriles is 2. The predicted molar refractivity (Wildman–Crippen MR) is 104 cm³/mol. The van der Waals surface area contributed by atoms with Gasteiger partial charge >= 0.3 is 0 Å². The summed E-state index contributed by atoms with van der Waals surface area (Å²) in [6.45, 7) is 9.14. The monoisotopic (exact) mass is 342 g/mol. The van der Waals surface area contributed by atoms with Crippen molar-refractivity contribution in [2.45, 2.75) is 83.2 Å². The van der Waals surface area contributed by atoms with Crippen molar-refractivity contribution in [3.63, 3.8) is 0 Å². The minimum absolute atomic E-state index is 0.655. The first-order valence-corrected chi connectivity index (χ1v) is 15.0. The third-order valence-corrected chi connectivity index (χ3v) is 8.55. The SMILES string of the molecule is C[Si](C)(C#CCCCC#C[Si](C)(C)CCCC#N)CCCC#N. The van der Waals surface area contributed by atoms with Gasteiger partial charge in [0.2, 0.25) is 0 Å². The predicted octanol–water partition coefficient (Wildman–Crippen LogP) is 5.27. The average Bonchev–Trinajstić information content (AvgIpc) is 2.46. The molecule has 0 aliphatic rings. The highest BCUT2D eigenvalue weighted by Gasteiger charge is 2.17. The van der Waals surface area contributed by atoms with Crippen molar-refractivity contribution in [2.24, 2.45) is 0 Å². The van der Waals surface area contributed by atoms with Crippen LogP contribution in [-0.4, -0.2) is 16.1 Å². The lowest BCUT2D eigenvalue weighted by Gasteiger charge is -2.13. The molecule has 0 aromatic heterocycles. The van der Waals surface area contributed by atoms with E-state index in [9.17, 15) is 0 Å². The van der Waals surface area contributed by atoms with Gasteiger partial charge in [0.25, 0.3) is 0 Å². The van der Waals surface area contributed by atoms with Crippen molar-refractivity contribution in [3.05, 3.63) is 0 Å². The highest BCUT2D eigenvalue weighted by atomic mass is 28.3. The Morgan fingerprint density at radius 1 is 0.609 bits per heavy atom. The van der Waals surface area contributed by atoms with Gasteiger partial charge in [0.1, 0.15) is 16.1 Å². The van der Waals surface area contributed by atoms with Crippen LogP contribution >= 0.6 is 0 Å². The fourth-order valence-electron chi connectivity index (χ4n) is 2.21. The lowest BCUT2D eigenvalue weighted by atomic mass is 10.2. The lowest BCUT2D eigenvalue weighted by molar-refractivity contribution is 0.903. The van der Waals surface area contributed by atoms with E-state index in [0.717, 1.165) is 44.2 Å². The first-order valence-electron chi connectivity index (χ1n) is 8.57. The van der Waals surface area contributed by atoms with Crippen molar-refractivity contribution >= 4 is 16.1 Å². The van der Waals surface area contributed by atoms with E-state index in [4.69, 9.17) is 10.5 Å². The van der Waals surface area contributed by atoms with Gasteiger partial charge in [0.15, 0.2) is 0 Å². The summed E-state index contributed by atoms with van der Waals surface area (Å²) in [6, 6.07) is 6.65. The minimum atomic E-state index is -1.43. The third-order valence-electron chi connectivity index (χ3n) is 3.64. The standard InChI is InChI=1S/C19H30N2Si2/c1-22(2,18-12-8-14-20)16-10-6-5-7-11-17-23(3,4)19-13-9-15-21/h5-9,12-13,18-19H2,1-4H3. The summed E-state index contributed by atoms with van der Waals surface area (Å²) in [5.74, 6) is 6.66. The maximum atomic E-state index is 8.58. The smallest absolute Gasteiger partial charge is 0.132 e. The summed E-state index contributed by atoms with van der Waals surface area (Å²) in [4.78, 5) is 0. The Labute approximate surface area is 145 Å². The summed E-state index contributed by atoms with van der Waals surface area (Å²) < 4.78 is 0. The Balaban J connectivity index is 4.02. The Hall–Kier alpha value is -1.47. The van der Waals surface area contributed by atoms with E-state index < -0.39 is 16.1 Å². The number of rotatable bonds is 8. The summed E-state index contributed by atoms with van der Waals surface area (Å²) in [6.07, 6.45) is 6.19. The van der Waals surface area contributed by atoms with Gasteiger partial charge < -0.3 is 0 Å². The van der Waals surface area contributed by atoms with E-state index in [1.807, 2.05) is 0 Å². The molecule has 0 aliphatic heterocycles. The highest BCUT2D eigenvalue weighted by molar-refractivity contribution is 6.85. The molecular weight excluding hydrogens is 312 g/mol. The van der Waals surface area contributed by atoms with Crippen LogP contribution in [0.1, 0.15) is 44.9 Å². The van der Waals surface area contributed by atoms with Gasteiger partial charge in [0, 0.05) is 25.7 Å². The average molecular weight is 343 g/mol. The molecule has 0 bridgehead atoms. The van der Waals surface area contributed by atoms with Gasteiger partial charge in [-0.2, -0.15) is 10.5 Å². The fraction of sp³-hybridized carbons (Fsp3) is 0.684. The van der Waals surface area contributed by atoms with Crippen LogP contribution in [-0.2, 0) is 0 Å². The molecule has 0 amide bonds. The molecule has 0 unspecified atom stereocenters. The molecule has 0 aliphatic carbocycles. The normalized spacial score (nSPS) is 10.5. The first kappa shape index (κ1) is 21.5. The van der Waals surface area contributed by atoms with Gasteiger partial charge in [-0.1, -0.05) is 26.2 Å². The molecule has 0 aromatic carbocycles. The second-order valence-electron chi connectivity index (χ2n) is 7.25. The molecule has 4 heteroatoms. The Morgan fingerprint density at radius 2 is 1.00 bits per heavy atom. The minimum Gasteiger partial charge on any atom is -0.198 e. The highest BCUT2D eigenvalue weighted by Crippen LogP contribution is 2.13. The van der Waals surface area contributed by atoms with Crippen molar-refractivity contribution < 1.29 is 0 Å². The molecule has 0 fully saturated rings. The molecule has 0 aromatic rings. The van der Waals surface area contributed by atoms with Crippen molar-refractivity contribution in [1.29, 1.82) is 10.5 Å². The summed E-state index contributed by atoms with van der Waals surface area (Å²) >= 11 is 0. The quantitative estimate of drug-likeness (QED) is 0.343. The van der Waals surface area contributed by atoms with Crippen LogP contribution in [0.25, 0.3) is 0 Å². The van der Waals surface area contributed by atoms with Gasteiger partial charge in [-0.25, -0.2) is 0 Å². The summed E-state index contributed by atoms with van der Waals surface area (Å²) in [5.41, 5.74) is 6.94. The summed E-state index contributed by atoms with van der Waals surface area (Å²) in [5, 5.41) is 17.2. The number of nitrogens with zero attached hydrogens (tertiary/aromatic N) is 2. The van der Waals surface area contributed by atoms with Crippen LogP contribution in [0.15, 0.2) is 0 Å². The van der Waals surface area contributed by atoms with E-state index in [2.05, 4.69) is 61.3 Å². The Kier molecular flexibility index (Phi) is 11.3. The largest absolute Gasteiger partial charge is 0.198 e. The Bertz CT molecular complexity index is 492. The number of hydrogen-bond acceptors (Lipinski definition) is 2. The third kappa shape index (κ3) is 13.9. The van der Waals surface area contributed by atoms with Crippen LogP contribution in [0.2, 0.25) is 38.3 Å². The van der Waals surface area contributed by atoms with Crippen molar-refractivity contribution in [3.8, 4) is 35.1 Å². The van der Waals surface area contributed by atoms with Gasteiger partial charge in [-0.05, 0) is 31.4 Å². The first-order chi connectivity index (χ1) is 10.8. The summed E-state index contributed by atoms with van der Waals surface area (Å²) in [7, 11) is -2.85. The van der Waals surface area contributed by atoms with Crippen LogP contribution in [0.4, 0.5) is 0 Å². The molecule has 23 heavy (non-hydrogen) atoms. The van der Waals surface area contributed by atoms with Gasteiger partial charge in [-0.3, -0.25) is 0 Å².